The lowest BCUT2D eigenvalue weighted by atomic mass is 9.87. The van der Waals surface area contributed by atoms with E-state index in [4.69, 9.17) is 0 Å². The Labute approximate surface area is 112 Å². The van der Waals surface area contributed by atoms with Crippen molar-refractivity contribution in [1.29, 1.82) is 0 Å². The standard InChI is InChI=1S/C14H20BrNO/c1-10-8-12(15)4-7-14(10)16-9-11-2-5-13(17)6-3-11/h4,7-8,11,13,16-17H,2-3,5-6,9H2,1H3. The van der Waals surface area contributed by atoms with Gasteiger partial charge in [-0.25, -0.2) is 0 Å². The zero-order chi connectivity index (χ0) is 12.3. The molecule has 1 aliphatic rings. The van der Waals surface area contributed by atoms with Gasteiger partial charge in [0, 0.05) is 16.7 Å². The Morgan fingerprint density at radius 1 is 1.29 bits per heavy atom. The second kappa shape index (κ2) is 5.87. The van der Waals surface area contributed by atoms with E-state index in [0.29, 0.717) is 5.92 Å². The first-order valence-electron chi connectivity index (χ1n) is 6.33. The van der Waals surface area contributed by atoms with Gasteiger partial charge >= 0.3 is 0 Å². The lowest BCUT2D eigenvalue weighted by molar-refractivity contribution is 0.111. The number of aryl methyl sites for hydroxylation is 1. The average Bonchev–Trinajstić information content (AvgIpc) is 2.30. The van der Waals surface area contributed by atoms with Crippen LogP contribution in [0.3, 0.4) is 0 Å². The molecule has 0 unspecified atom stereocenters. The van der Waals surface area contributed by atoms with Crippen molar-refractivity contribution in [2.45, 2.75) is 38.7 Å². The number of nitrogens with one attached hydrogen (secondary N) is 1. The molecule has 1 aliphatic carbocycles. The molecule has 1 aromatic carbocycles. The molecular weight excluding hydrogens is 278 g/mol. The molecule has 1 aromatic rings. The third-order valence-corrected chi connectivity index (χ3v) is 4.08. The topological polar surface area (TPSA) is 32.3 Å². The third kappa shape index (κ3) is 3.71. The molecule has 0 radical (unpaired) electrons. The van der Waals surface area contributed by atoms with Gasteiger partial charge in [0.1, 0.15) is 0 Å². The molecule has 17 heavy (non-hydrogen) atoms. The van der Waals surface area contributed by atoms with Crippen LogP contribution < -0.4 is 5.32 Å². The summed E-state index contributed by atoms with van der Waals surface area (Å²) in [5, 5.41) is 13.0. The van der Waals surface area contributed by atoms with Crippen LogP contribution in [0, 0.1) is 12.8 Å². The van der Waals surface area contributed by atoms with E-state index < -0.39 is 0 Å². The van der Waals surface area contributed by atoms with Gasteiger partial charge in [0.15, 0.2) is 0 Å². The average molecular weight is 298 g/mol. The Morgan fingerprint density at radius 2 is 2.00 bits per heavy atom. The summed E-state index contributed by atoms with van der Waals surface area (Å²) in [6.07, 6.45) is 4.16. The Balaban J connectivity index is 1.85. The Morgan fingerprint density at radius 3 is 2.65 bits per heavy atom. The molecule has 2 N–H and O–H groups in total. The van der Waals surface area contributed by atoms with Crippen LogP contribution in [0.25, 0.3) is 0 Å². The van der Waals surface area contributed by atoms with Crippen molar-refractivity contribution in [3.8, 4) is 0 Å². The lowest BCUT2D eigenvalue weighted by Gasteiger charge is -2.26. The Hall–Kier alpha value is -0.540. The molecular formula is C14H20BrNO. The highest BCUT2D eigenvalue weighted by Gasteiger charge is 2.18. The molecule has 0 bridgehead atoms. The predicted octanol–water partition coefficient (Wildman–Crippen LogP) is 3.72. The normalized spacial score (nSPS) is 24.6. The Kier molecular flexibility index (Phi) is 4.46. The molecule has 94 valence electrons. The second-order valence-electron chi connectivity index (χ2n) is 5.01. The maximum atomic E-state index is 9.46. The van der Waals surface area contributed by atoms with Gasteiger partial charge in [0.05, 0.1) is 6.10 Å². The van der Waals surface area contributed by atoms with Crippen LogP contribution in [0.5, 0.6) is 0 Å². The summed E-state index contributed by atoms with van der Waals surface area (Å²) < 4.78 is 1.13. The molecule has 0 aliphatic heterocycles. The van der Waals surface area contributed by atoms with Crippen molar-refractivity contribution in [3.63, 3.8) is 0 Å². The highest BCUT2D eigenvalue weighted by atomic mass is 79.9. The third-order valence-electron chi connectivity index (χ3n) is 3.59. The van der Waals surface area contributed by atoms with Gasteiger partial charge in [-0.3, -0.25) is 0 Å². The lowest BCUT2D eigenvalue weighted by Crippen LogP contribution is -2.23. The van der Waals surface area contributed by atoms with E-state index >= 15 is 0 Å². The molecule has 1 fully saturated rings. The van der Waals surface area contributed by atoms with Crippen LogP contribution in [0.15, 0.2) is 22.7 Å². The van der Waals surface area contributed by atoms with Gasteiger partial charge in [0.25, 0.3) is 0 Å². The minimum atomic E-state index is -0.0549. The van der Waals surface area contributed by atoms with E-state index in [9.17, 15) is 5.11 Å². The highest BCUT2D eigenvalue weighted by Crippen LogP contribution is 2.26. The maximum Gasteiger partial charge on any atom is 0.0540 e. The van der Waals surface area contributed by atoms with Crippen molar-refractivity contribution >= 4 is 21.6 Å². The smallest absolute Gasteiger partial charge is 0.0540 e. The number of halogens is 1. The summed E-state index contributed by atoms with van der Waals surface area (Å²) in [5.74, 6) is 0.710. The van der Waals surface area contributed by atoms with Gasteiger partial charge in [-0.05, 0) is 62.3 Å². The summed E-state index contributed by atoms with van der Waals surface area (Å²) in [4.78, 5) is 0. The summed E-state index contributed by atoms with van der Waals surface area (Å²) in [5.41, 5.74) is 2.49. The van der Waals surface area contributed by atoms with Gasteiger partial charge in [-0.1, -0.05) is 15.9 Å². The molecule has 0 heterocycles. The van der Waals surface area contributed by atoms with Crippen LogP contribution in [0.4, 0.5) is 5.69 Å². The number of benzene rings is 1. The van der Waals surface area contributed by atoms with Gasteiger partial charge in [-0.2, -0.15) is 0 Å². The number of rotatable bonds is 3. The summed E-state index contributed by atoms with van der Waals surface area (Å²) in [6, 6.07) is 6.32. The molecule has 0 atom stereocenters. The Bertz CT molecular complexity index is 372. The fourth-order valence-corrected chi connectivity index (χ4v) is 2.90. The fourth-order valence-electron chi connectivity index (χ4n) is 2.43. The van der Waals surface area contributed by atoms with Crippen molar-refractivity contribution in [2.24, 2.45) is 5.92 Å². The molecule has 0 spiro atoms. The highest BCUT2D eigenvalue weighted by molar-refractivity contribution is 9.10. The van der Waals surface area contributed by atoms with E-state index in [1.807, 2.05) is 0 Å². The monoisotopic (exact) mass is 297 g/mol. The van der Waals surface area contributed by atoms with E-state index in [0.717, 1.165) is 36.7 Å². The van der Waals surface area contributed by atoms with Crippen molar-refractivity contribution in [2.75, 3.05) is 11.9 Å². The quantitative estimate of drug-likeness (QED) is 0.891. The minimum absolute atomic E-state index is 0.0549. The number of hydrogen-bond donors (Lipinski definition) is 2. The number of aliphatic hydroxyl groups excluding tert-OH is 1. The van der Waals surface area contributed by atoms with Crippen LogP contribution in [-0.2, 0) is 0 Å². The largest absolute Gasteiger partial charge is 0.393 e. The summed E-state index contributed by atoms with van der Waals surface area (Å²) in [7, 11) is 0. The van der Waals surface area contributed by atoms with E-state index in [-0.39, 0.29) is 6.10 Å². The molecule has 1 saturated carbocycles. The SMILES string of the molecule is Cc1cc(Br)ccc1NCC1CCC(O)CC1. The summed E-state index contributed by atoms with van der Waals surface area (Å²) in [6.45, 7) is 3.15. The van der Waals surface area contributed by atoms with Crippen molar-refractivity contribution in [1.82, 2.24) is 0 Å². The first-order chi connectivity index (χ1) is 8.15. The first kappa shape index (κ1) is 12.9. The molecule has 3 heteroatoms. The minimum Gasteiger partial charge on any atom is -0.393 e. The van der Waals surface area contributed by atoms with Crippen LogP contribution >= 0.6 is 15.9 Å². The summed E-state index contributed by atoms with van der Waals surface area (Å²) >= 11 is 3.48. The van der Waals surface area contributed by atoms with Gasteiger partial charge in [-0.15, -0.1) is 0 Å². The molecule has 0 aromatic heterocycles. The number of hydrogen-bond acceptors (Lipinski definition) is 2. The maximum absolute atomic E-state index is 9.46. The van der Waals surface area contributed by atoms with Crippen LogP contribution in [0.1, 0.15) is 31.2 Å². The zero-order valence-electron chi connectivity index (χ0n) is 10.2. The second-order valence-corrected chi connectivity index (χ2v) is 5.93. The predicted molar refractivity (Wildman–Crippen MR) is 75.3 cm³/mol. The molecule has 0 amide bonds. The fraction of sp³-hybridized carbons (Fsp3) is 0.571. The van der Waals surface area contributed by atoms with E-state index in [1.54, 1.807) is 0 Å². The van der Waals surface area contributed by atoms with E-state index in [2.05, 4.69) is 46.4 Å². The number of anilines is 1. The van der Waals surface area contributed by atoms with Gasteiger partial charge in [0.2, 0.25) is 0 Å². The molecule has 2 rings (SSSR count). The first-order valence-corrected chi connectivity index (χ1v) is 7.12. The van der Waals surface area contributed by atoms with Crippen LogP contribution in [0.2, 0.25) is 0 Å². The van der Waals surface area contributed by atoms with Crippen molar-refractivity contribution < 1.29 is 5.11 Å². The number of aliphatic hydroxyl groups is 1. The van der Waals surface area contributed by atoms with Crippen LogP contribution in [-0.4, -0.2) is 17.8 Å². The molecule has 0 saturated heterocycles. The van der Waals surface area contributed by atoms with Crippen molar-refractivity contribution in [3.05, 3.63) is 28.2 Å². The zero-order valence-corrected chi connectivity index (χ0v) is 11.8. The van der Waals surface area contributed by atoms with E-state index in [1.165, 1.54) is 11.3 Å². The van der Waals surface area contributed by atoms with Gasteiger partial charge < -0.3 is 10.4 Å². The molecule has 2 nitrogen and oxygen atoms in total.